The van der Waals surface area contributed by atoms with Gasteiger partial charge in [0.15, 0.2) is 5.71 Å². The Morgan fingerprint density at radius 3 is 2.66 bits per heavy atom. The van der Waals surface area contributed by atoms with E-state index in [0.717, 1.165) is 18.9 Å². The van der Waals surface area contributed by atoms with Crippen LogP contribution in [0.5, 0.6) is 0 Å². The van der Waals surface area contributed by atoms with E-state index in [-0.39, 0.29) is 45.9 Å². The Bertz CT molecular complexity index is 1590. The van der Waals surface area contributed by atoms with Gasteiger partial charge in [0.25, 0.3) is 11.8 Å². The molecule has 0 bridgehead atoms. The normalized spacial score (nSPS) is 16.2. The third kappa shape index (κ3) is 6.19. The van der Waals surface area contributed by atoms with Gasteiger partial charge >= 0.3 is 12.1 Å². The molecule has 0 atom stereocenters. The number of halogens is 4. The summed E-state index contributed by atoms with van der Waals surface area (Å²) in [4.78, 5) is 37.8. The lowest BCUT2D eigenvalue weighted by Gasteiger charge is -2.12. The molecule has 212 valence electrons. The summed E-state index contributed by atoms with van der Waals surface area (Å²) in [5, 5.41) is 7.19. The van der Waals surface area contributed by atoms with Crippen LogP contribution in [0.2, 0.25) is 5.02 Å². The maximum Gasteiger partial charge on any atom is 0.435 e. The summed E-state index contributed by atoms with van der Waals surface area (Å²) < 4.78 is 52.4. The molecule has 2 heterocycles. The van der Waals surface area contributed by atoms with Crippen molar-refractivity contribution in [3.05, 3.63) is 82.1 Å². The zero-order chi connectivity index (χ0) is 29.3. The predicted molar refractivity (Wildman–Crippen MR) is 146 cm³/mol. The maximum absolute atomic E-state index is 13.9. The number of rotatable bonds is 8. The lowest BCUT2D eigenvalue weighted by atomic mass is 10.1. The quantitative estimate of drug-likeness (QED) is 0.248. The van der Waals surface area contributed by atoms with Crippen LogP contribution in [0, 0.1) is 5.92 Å². The van der Waals surface area contributed by atoms with E-state index in [4.69, 9.17) is 20.8 Å². The van der Waals surface area contributed by atoms with E-state index in [2.05, 4.69) is 10.4 Å². The molecule has 1 saturated carbocycles. The van der Waals surface area contributed by atoms with E-state index in [1.807, 2.05) is 0 Å². The zero-order valence-electron chi connectivity index (χ0n) is 21.6. The second-order valence-electron chi connectivity index (χ2n) is 9.44. The molecule has 1 aliphatic heterocycles. The first-order valence-electron chi connectivity index (χ1n) is 12.7. The van der Waals surface area contributed by atoms with Gasteiger partial charge in [-0.25, -0.2) is 4.79 Å². The minimum Gasteiger partial charge on any atom is -0.462 e. The third-order valence-corrected chi connectivity index (χ3v) is 6.73. The maximum atomic E-state index is 13.9. The number of hydrazone groups is 1. The van der Waals surface area contributed by atoms with Crippen LogP contribution in [0.15, 0.2) is 69.7 Å². The molecule has 1 fully saturated rings. The number of ether oxygens (including phenoxy) is 1. The van der Waals surface area contributed by atoms with Crippen molar-refractivity contribution in [1.29, 1.82) is 0 Å². The largest absolute Gasteiger partial charge is 0.462 e. The number of anilines is 1. The topological polar surface area (TPSA) is 101 Å². The van der Waals surface area contributed by atoms with Crippen molar-refractivity contribution in [3.63, 3.8) is 0 Å². The molecular formula is C29H23ClF3N3O5. The average Bonchev–Trinajstić information content (AvgIpc) is 3.56. The fourth-order valence-electron chi connectivity index (χ4n) is 4.14. The van der Waals surface area contributed by atoms with Crippen molar-refractivity contribution in [2.24, 2.45) is 11.0 Å². The number of esters is 1. The summed E-state index contributed by atoms with van der Waals surface area (Å²) >= 11 is 6.22. The molecule has 8 nitrogen and oxygen atoms in total. The van der Waals surface area contributed by atoms with Crippen molar-refractivity contribution in [2.75, 3.05) is 18.2 Å². The molecule has 2 aromatic carbocycles. The molecule has 0 radical (unpaired) electrons. The molecule has 0 spiro atoms. The second kappa shape index (κ2) is 11.2. The number of carbonyl (C=O) groups is 3. The van der Waals surface area contributed by atoms with Gasteiger partial charge in [-0.2, -0.15) is 23.3 Å². The van der Waals surface area contributed by atoms with Crippen molar-refractivity contribution >= 4 is 46.9 Å². The molecule has 1 aromatic heterocycles. The summed E-state index contributed by atoms with van der Waals surface area (Å²) in [5.41, 5.74) is -1.44. The molecule has 1 N–H and O–H groups in total. The fourth-order valence-corrected chi connectivity index (χ4v) is 4.35. The highest BCUT2D eigenvalue weighted by atomic mass is 35.5. The first kappa shape index (κ1) is 28.2. The highest BCUT2D eigenvalue weighted by Gasteiger charge is 2.47. The van der Waals surface area contributed by atoms with Crippen LogP contribution >= 0.6 is 11.6 Å². The minimum absolute atomic E-state index is 0.0421. The Labute approximate surface area is 237 Å². The SMILES string of the molecule is CCOC(=O)c1cccc(N2N=C(C(F)(F)F)/C(=C\c3ccc(-c4ccc(Cl)c(C(=O)NCC5CC5)c4)o3)C2=O)c1. The number of nitrogens with one attached hydrogen (secondary N) is 1. The fraction of sp³-hybridized carbons (Fsp3) is 0.241. The molecular weight excluding hydrogens is 563 g/mol. The van der Waals surface area contributed by atoms with Crippen molar-refractivity contribution in [2.45, 2.75) is 25.9 Å². The standard InChI is InChI=1S/C29H23ClF3N3O5/c1-2-40-28(39)18-4-3-5-19(12-18)36-27(38)22(25(35-36)29(31,32)33)14-20-9-11-24(41-20)17-8-10-23(30)21(13-17)26(37)34-15-16-6-7-16/h3-5,8-14,16H,2,6-7,15H2,1H3,(H,34,37)/b22-14+. The summed E-state index contributed by atoms with van der Waals surface area (Å²) in [6.07, 6.45) is -1.87. The van der Waals surface area contributed by atoms with Gasteiger partial charge in [0.2, 0.25) is 0 Å². The molecule has 12 heteroatoms. The number of amides is 2. The Kier molecular flexibility index (Phi) is 7.72. The van der Waals surface area contributed by atoms with Crippen molar-refractivity contribution in [3.8, 4) is 11.3 Å². The van der Waals surface area contributed by atoms with E-state index >= 15 is 0 Å². The van der Waals surface area contributed by atoms with Crippen LogP contribution < -0.4 is 10.3 Å². The van der Waals surface area contributed by atoms with E-state index in [1.54, 1.807) is 13.0 Å². The third-order valence-electron chi connectivity index (χ3n) is 6.41. The molecule has 2 aliphatic rings. The van der Waals surface area contributed by atoms with E-state index in [0.29, 0.717) is 23.0 Å². The molecule has 41 heavy (non-hydrogen) atoms. The summed E-state index contributed by atoms with van der Waals surface area (Å²) in [6, 6.07) is 13.0. The Balaban J connectivity index is 1.42. The van der Waals surface area contributed by atoms with Crippen LogP contribution in [-0.4, -0.2) is 42.8 Å². The number of carbonyl (C=O) groups excluding carboxylic acids is 3. The van der Waals surface area contributed by atoms with Crippen LogP contribution in [0.25, 0.3) is 17.4 Å². The summed E-state index contributed by atoms with van der Waals surface area (Å²) in [5.74, 6) is -1.41. The average molecular weight is 586 g/mol. The molecule has 2 amide bonds. The van der Waals surface area contributed by atoms with Gasteiger partial charge in [0.05, 0.1) is 34.0 Å². The van der Waals surface area contributed by atoms with Crippen LogP contribution in [0.1, 0.15) is 46.2 Å². The predicted octanol–water partition coefficient (Wildman–Crippen LogP) is 6.27. The Morgan fingerprint density at radius 1 is 1.17 bits per heavy atom. The minimum atomic E-state index is -4.96. The number of alkyl halides is 3. The van der Waals surface area contributed by atoms with E-state index < -0.39 is 29.3 Å². The number of furan rings is 1. The first-order chi connectivity index (χ1) is 19.5. The van der Waals surface area contributed by atoms with Crippen LogP contribution in [-0.2, 0) is 9.53 Å². The van der Waals surface area contributed by atoms with Crippen LogP contribution in [0.4, 0.5) is 18.9 Å². The molecule has 0 saturated heterocycles. The van der Waals surface area contributed by atoms with E-state index in [9.17, 15) is 27.6 Å². The number of hydrogen-bond donors (Lipinski definition) is 1. The summed E-state index contributed by atoms with van der Waals surface area (Å²) in [6.45, 7) is 2.27. The monoisotopic (exact) mass is 585 g/mol. The van der Waals surface area contributed by atoms with Crippen molar-refractivity contribution in [1.82, 2.24) is 5.32 Å². The Morgan fingerprint density at radius 2 is 1.95 bits per heavy atom. The van der Waals surface area contributed by atoms with Crippen LogP contribution in [0.3, 0.4) is 0 Å². The second-order valence-corrected chi connectivity index (χ2v) is 9.85. The van der Waals surface area contributed by atoms with Crippen molar-refractivity contribution < 1.29 is 36.7 Å². The highest BCUT2D eigenvalue weighted by Crippen LogP contribution is 2.34. The summed E-state index contributed by atoms with van der Waals surface area (Å²) in [7, 11) is 0. The Hall–Kier alpha value is -4.38. The van der Waals surface area contributed by atoms with Gasteiger partial charge in [-0.3, -0.25) is 9.59 Å². The lowest BCUT2D eigenvalue weighted by molar-refractivity contribution is -0.114. The molecule has 1 aliphatic carbocycles. The van der Waals surface area contributed by atoms with Gasteiger partial charge in [-0.1, -0.05) is 17.7 Å². The highest BCUT2D eigenvalue weighted by molar-refractivity contribution is 6.34. The van der Waals surface area contributed by atoms with E-state index in [1.165, 1.54) is 48.5 Å². The zero-order valence-corrected chi connectivity index (χ0v) is 22.4. The van der Waals surface area contributed by atoms with Gasteiger partial charge in [-0.15, -0.1) is 0 Å². The molecule has 3 aromatic rings. The molecule has 5 rings (SSSR count). The first-order valence-corrected chi connectivity index (χ1v) is 13.1. The van der Waals surface area contributed by atoms with Gasteiger partial charge in [0.1, 0.15) is 11.5 Å². The lowest BCUT2D eigenvalue weighted by Crippen LogP contribution is -2.25. The van der Waals surface area contributed by atoms with Gasteiger partial charge in [-0.05, 0) is 80.3 Å². The number of benzene rings is 2. The van der Waals surface area contributed by atoms with Gasteiger partial charge < -0.3 is 14.5 Å². The smallest absolute Gasteiger partial charge is 0.435 e. The number of nitrogens with zero attached hydrogens (tertiary/aromatic N) is 2. The molecule has 0 unspecified atom stereocenters. The van der Waals surface area contributed by atoms with Gasteiger partial charge in [0, 0.05) is 12.1 Å². The number of hydrogen-bond acceptors (Lipinski definition) is 6.